The number of benzene rings is 1. The lowest BCUT2D eigenvalue weighted by atomic mass is 9.93. The van der Waals surface area contributed by atoms with Crippen molar-refractivity contribution in [3.63, 3.8) is 0 Å². The van der Waals surface area contributed by atoms with Crippen LogP contribution in [0.5, 0.6) is 0 Å². The molecule has 0 aliphatic rings. The van der Waals surface area contributed by atoms with Crippen molar-refractivity contribution >= 4 is 17.3 Å². The average Bonchev–Trinajstić information content (AvgIpc) is 2.24. The van der Waals surface area contributed by atoms with Crippen molar-refractivity contribution in [2.45, 2.75) is 39.9 Å². The van der Waals surface area contributed by atoms with Crippen LogP contribution in [0.3, 0.4) is 0 Å². The Labute approximate surface area is 117 Å². The van der Waals surface area contributed by atoms with Crippen molar-refractivity contribution in [3.05, 3.63) is 28.8 Å². The summed E-state index contributed by atoms with van der Waals surface area (Å²) < 4.78 is 37.6. The highest BCUT2D eigenvalue weighted by molar-refractivity contribution is 6.33. The van der Waals surface area contributed by atoms with Crippen LogP contribution in [0.1, 0.15) is 33.3 Å². The van der Waals surface area contributed by atoms with Crippen LogP contribution >= 0.6 is 11.6 Å². The largest absolute Gasteiger partial charge is 0.416 e. The second-order valence-electron chi connectivity index (χ2n) is 5.35. The molecule has 0 amide bonds. The third kappa shape index (κ3) is 4.30. The van der Waals surface area contributed by atoms with Gasteiger partial charge in [0, 0.05) is 6.04 Å². The summed E-state index contributed by atoms with van der Waals surface area (Å²) in [4.78, 5) is 0. The molecular weight excluding hydrogens is 275 g/mol. The topological polar surface area (TPSA) is 12.0 Å². The highest BCUT2D eigenvalue weighted by atomic mass is 35.5. The smallest absolute Gasteiger partial charge is 0.381 e. The van der Waals surface area contributed by atoms with Crippen LogP contribution in [0.25, 0.3) is 0 Å². The third-order valence-corrected chi connectivity index (χ3v) is 3.37. The molecule has 1 N–H and O–H groups in total. The monoisotopic (exact) mass is 293 g/mol. The standard InChI is InChI=1S/C14H19ClF3N/c1-8(2)13(9(3)4)19-12-6-5-10(7-11(12)15)14(16,17)18/h5-9,13,19H,1-4H3. The maximum atomic E-state index is 12.5. The lowest BCUT2D eigenvalue weighted by Crippen LogP contribution is -2.31. The molecule has 0 fully saturated rings. The lowest BCUT2D eigenvalue weighted by molar-refractivity contribution is -0.137. The number of rotatable bonds is 4. The van der Waals surface area contributed by atoms with Gasteiger partial charge in [-0.15, -0.1) is 0 Å². The van der Waals surface area contributed by atoms with Crippen molar-refractivity contribution in [3.8, 4) is 0 Å². The number of anilines is 1. The van der Waals surface area contributed by atoms with Gasteiger partial charge in [0.15, 0.2) is 0 Å². The normalized spacial score (nSPS) is 12.6. The Bertz CT molecular complexity index is 419. The first-order valence-corrected chi connectivity index (χ1v) is 6.64. The summed E-state index contributed by atoms with van der Waals surface area (Å²) in [6.07, 6.45) is -4.36. The Morgan fingerprint density at radius 2 is 1.58 bits per heavy atom. The van der Waals surface area contributed by atoms with E-state index in [4.69, 9.17) is 11.6 Å². The Kier molecular flexibility index (Phi) is 5.13. The van der Waals surface area contributed by atoms with E-state index in [9.17, 15) is 13.2 Å². The zero-order valence-electron chi connectivity index (χ0n) is 11.5. The third-order valence-electron chi connectivity index (χ3n) is 3.06. The summed E-state index contributed by atoms with van der Waals surface area (Å²) in [6, 6.07) is 3.56. The maximum absolute atomic E-state index is 12.5. The summed E-state index contributed by atoms with van der Waals surface area (Å²) in [7, 11) is 0. The minimum Gasteiger partial charge on any atom is -0.381 e. The number of alkyl halides is 3. The lowest BCUT2D eigenvalue weighted by Gasteiger charge is -2.27. The molecule has 0 radical (unpaired) electrons. The van der Waals surface area contributed by atoms with Gasteiger partial charge < -0.3 is 5.32 Å². The molecule has 108 valence electrons. The number of hydrogen-bond acceptors (Lipinski definition) is 1. The minimum atomic E-state index is -4.36. The van der Waals surface area contributed by atoms with E-state index in [1.165, 1.54) is 6.07 Å². The van der Waals surface area contributed by atoms with E-state index in [2.05, 4.69) is 33.0 Å². The van der Waals surface area contributed by atoms with E-state index in [0.29, 0.717) is 17.5 Å². The Balaban J connectivity index is 2.97. The van der Waals surface area contributed by atoms with Crippen molar-refractivity contribution in [1.29, 1.82) is 0 Å². The summed E-state index contributed by atoms with van der Waals surface area (Å²) in [5, 5.41) is 3.32. The molecule has 5 heteroatoms. The molecule has 1 aromatic rings. The zero-order chi connectivity index (χ0) is 14.8. The predicted molar refractivity (Wildman–Crippen MR) is 73.5 cm³/mol. The number of hydrogen-bond donors (Lipinski definition) is 1. The van der Waals surface area contributed by atoms with E-state index < -0.39 is 11.7 Å². The van der Waals surface area contributed by atoms with Gasteiger partial charge in [-0.1, -0.05) is 39.3 Å². The number of halogens is 4. The van der Waals surface area contributed by atoms with Gasteiger partial charge in [0.25, 0.3) is 0 Å². The Morgan fingerprint density at radius 1 is 1.05 bits per heavy atom. The van der Waals surface area contributed by atoms with Crippen molar-refractivity contribution in [2.75, 3.05) is 5.32 Å². The maximum Gasteiger partial charge on any atom is 0.416 e. The molecule has 1 aromatic carbocycles. The minimum absolute atomic E-state index is 0.0983. The van der Waals surface area contributed by atoms with Crippen LogP contribution in [-0.2, 0) is 6.18 Å². The SMILES string of the molecule is CC(C)C(Nc1ccc(C(F)(F)F)cc1Cl)C(C)C. The van der Waals surface area contributed by atoms with Crippen LogP contribution in [0.15, 0.2) is 18.2 Å². The van der Waals surface area contributed by atoms with Gasteiger partial charge in [0.1, 0.15) is 0 Å². The molecule has 0 aliphatic carbocycles. The molecule has 19 heavy (non-hydrogen) atoms. The second-order valence-corrected chi connectivity index (χ2v) is 5.76. The fourth-order valence-corrected chi connectivity index (χ4v) is 2.33. The molecule has 0 aromatic heterocycles. The molecule has 0 atom stereocenters. The summed E-state index contributed by atoms with van der Waals surface area (Å²) >= 11 is 5.93. The molecular formula is C14H19ClF3N. The van der Waals surface area contributed by atoms with Gasteiger partial charge in [0.2, 0.25) is 0 Å². The molecule has 0 aliphatic heterocycles. The molecule has 1 nitrogen and oxygen atoms in total. The molecule has 0 saturated carbocycles. The number of nitrogens with one attached hydrogen (secondary N) is 1. The highest BCUT2D eigenvalue weighted by Crippen LogP contribution is 2.34. The highest BCUT2D eigenvalue weighted by Gasteiger charge is 2.31. The summed E-state index contributed by atoms with van der Waals surface area (Å²) in [5.74, 6) is 0.719. The van der Waals surface area contributed by atoms with Crippen LogP contribution in [0.2, 0.25) is 5.02 Å². The fourth-order valence-electron chi connectivity index (χ4n) is 2.09. The van der Waals surface area contributed by atoms with Crippen molar-refractivity contribution < 1.29 is 13.2 Å². The first-order valence-electron chi connectivity index (χ1n) is 6.26. The van der Waals surface area contributed by atoms with Crippen LogP contribution in [0, 0.1) is 11.8 Å². The van der Waals surface area contributed by atoms with Crippen LogP contribution in [0.4, 0.5) is 18.9 Å². The fraction of sp³-hybridized carbons (Fsp3) is 0.571. The van der Waals surface area contributed by atoms with Gasteiger partial charge in [-0.05, 0) is 30.0 Å². The van der Waals surface area contributed by atoms with Gasteiger partial charge in [-0.2, -0.15) is 13.2 Å². The van der Waals surface area contributed by atoms with Gasteiger partial charge >= 0.3 is 6.18 Å². The van der Waals surface area contributed by atoms with Crippen LogP contribution in [-0.4, -0.2) is 6.04 Å². The molecule has 0 bridgehead atoms. The van der Waals surface area contributed by atoms with Gasteiger partial charge in [-0.3, -0.25) is 0 Å². The summed E-state index contributed by atoms with van der Waals surface area (Å²) in [5.41, 5.74) is -0.184. The van der Waals surface area contributed by atoms with Crippen molar-refractivity contribution in [1.82, 2.24) is 0 Å². The molecule has 0 saturated heterocycles. The van der Waals surface area contributed by atoms with Gasteiger partial charge in [-0.25, -0.2) is 0 Å². The average molecular weight is 294 g/mol. The molecule has 0 spiro atoms. The predicted octanol–water partition coefficient (Wildman–Crippen LogP) is 5.45. The van der Waals surface area contributed by atoms with E-state index in [0.717, 1.165) is 12.1 Å². The second kappa shape index (κ2) is 6.04. The van der Waals surface area contributed by atoms with E-state index in [1.54, 1.807) is 0 Å². The zero-order valence-corrected chi connectivity index (χ0v) is 12.2. The molecule has 1 rings (SSSR count). The van der Waals surface area contributed by atoms with E-state index in [1.807, 2.05) is 0 Å². The van der Waals surface area contributed by atoms with E-state index in [-0.39, 0.29) is 11.1 Å². The molecule has 0 heterocycles. The van der Waals surface area contributed by atoms with Crippen molar-refractivity contribution in [2.24, 2.45) is 11.8 Å². The van der Waals surface area contributed by atoms with E-state index >= 15 is 0 Å². The summed E-state index contributed by atoms with van der Waals surface area (Å²) in [6.45, 7) is 8.26. The molecule has 0 unspecified atom stereocenters. The Morgan fingerprint density at radius 3 is 1.95 bits per heavy atom. The Hall–Kier alpha value is -0.900. The van der Waals surface area contributed by atoms with Gasteiger partial charge in [0.05, 0.1) is 16.3 Å². The first kappa shape index (κ1) is 16.2. The first-order chi connectivity index (χ1) is 8.62. The van der Waals surface area contributed by atoms with Crippen LogP contribution < -0.4 is 5.32 Å². The quantitative estimate of drug-likeness (QED) is 0.778.